The Labute approximate surface area is 149 Å². The van der Waals surface area contributed by atoms with Gasteiger partial charge in [0.1, 0.15) is 12.1 Å². The molecule has 1 aromatic carbocycles. The monoisotopic (exact) mass is 356 g/mol. The van der Waals surface area contributed by atoms with E-state index in [2.05, 4.69) is 20.4 Å². The number of hydrogen-bond donors (Lipinski definition) is 1. The molecule has 0 saturated carbocycles. The highest BCUT2D eigenvalue weighted by Crippen LogP contribution is 2.30. The van der Waals surface area contributed by atoms with Gasteiger partial charge in [-0.25, -0.2) is 9.97 Å². The van der Waals surface area contributed by atoms with Crippen molar-refractivity contribution < 1.29 is 4.79 Å². The molecule has 3 heterocycles. The maximum Gasteiger partial charge on any atom is 0.229 e. The lowest BCUT2D eigenvalue weighted by Gasteiger charge is -2.18. The zero-order valence-corrected chi connectivity index (χ0v) is 14.7. The number of aromatic nitrogens is 4. The van der Waals surface area contributed by atoms with Crippen LogP contribution in [0.1, 0.15) is 12.1 Å². The van der Waals surface area contributed by atoms with Gasteiger partial charge >= 0.3 is 0 Å². The molecule has 1 aliphatic heterocycles. The zero-order chi connectivity index (χ0) is 17.6. The topological polar surface area (TPSA) is 75.9 Å². The summed E-state index contributed by atoms with van der Waals surface area (Å²) in [6, 6.07) is 7.32. The quantitative estimate of drug-likeness (QED) is 0.780. The number of amides is 1. The number of para-hydroxylation sites is 1. The molecule has 3 aromatic rings. The third-order valence-electron chi connectivity index (χ3n) is 4.40. The van der Waals surface area contributed by atoms with Crippen molar-refractivity contribution in [1.82, 2.24) is 19.7 Å². The predicted molar refractivity (Wildman–Crippen MR) is 96.9 cm³/mol. The molecule has 1 amide bonds. The predicted octanol–water partition coefficient (Wildman–Crippen LogP) is 2.54. The van der Waals surface area contributed by atoms with Crippen molar-refractivity contribution in [1.29, 1.82) is 0 Å². The molecule has 1 fully saturated rings. The van der Waals surface area contributed by atoms with Gasteiger partial charge in [-0.3, -0.25) is 9.48 Å². The summed E-state index contributed by atoms with van der Waals surface area (Å²) in [6.45, 7) is 2.46. The molecule has 128 valence electrons. The summed E-state index contributed by atoms with van der Waals surface area (Å²) < 4.78 is 1.73. The molecule has 1 N–H and O–H groups in total. The Kier molecular flexibility index (Phi) is 3.80. The first-order valence-electron chi connectivity index (χ1n) is 8.00. The van der Waals surface area contributed by atoms with E-state index in [0.29, 0.717) is 23.8 Å². The molecule has 4 rings (SSSR count). The summed E-state index contributed by atoms with van der Waals surface area (Å²) >= 11 is 6.23. The average Bonchev–Trinajstić information content (AvgIpc) is 3.08. The Bertz CT molecular complexity index is 969. The van der Waals surface area contributed by atoms with Gasteiger partial charge < -0.3 is 10.2 Å². The SMILES string of the molecule is Cc1nn(C)c2ncnc(NC3CC(=O)N(c4ccccc4Cl)C3)c12. The smallest absolute Gasteiger partial charge is 0.229 e. The standard InChI is InChI=1S/C17H17ClN6O/c1-10-15-16(19-9-20-17(15)23(2)22-10)21-11-7-14(25)24(8-11)13-6-4-3-5-12(13)18/h3-6,9,11H,7-8H2,1-2H3,(H,19,20,21). The van der Waals surface area contributed by atoms with Crippen LogP contribution in [0, 0.1) is 6.92 Å². The molecule has 1 atom stereocenters. The highest BCUT2D eigenvalue weighted by Gasteiger charge is 2.32. The van der Waals surface area contributed by atoms with Crippen LogP contribution in [-0.2, 0) is 11.8 Å². The summed E-state index contributed by atoms with van der Waals surface area (Å²) in [5.41, 5.74) is 2.36. The summed E-state index contributed by atoms with van der Waals surface area (Å²) in [5, 5.41) is 9.23. The van der Waals surface area contributed by atoms with Gasteiger partial charge in [-0.15, -0.1) is 0 Å². The van der Waals surface area contributed by atoms with E-state index in [4.69, 9.17) is 11.6 Å². The zero-order valence-electron chi connectivity index (χ0n) is 13.9. The van der Waals surface area contributed by atoms with E-state index in [1.165, 1.54) is 6.33 Å². The molecule has 2 aromatic heterocycles. The van der Waals surface area contributed by atoms with Crippen LogP contribution in [0.25, 0.3) is 11.0 Å². The number of carbonyl (C=O) groups excluding carboxylic acids is 1. The number of anilines is 2. The number of fused-ring (bicyclic) bond motifs is 1. The van der Waals surface area contributed by atoms with E-state index >= 15 is 0 Å². The lowest BCUT2D eigenvalue weighted by molar-refractivity contribution is -0.117. The van der Waals surface area contributed by atoms with Crippen LogP contribution in [0.5, 0.6) is 0 Å². The maximum absolute atomic E-state index is 12.4. The number of benzene rings is 1. The maximum atomic E-state index is 12.4. The van der Waals surface area contributed by atoms with Crippen molar-refractivity contribution in [3.63, 3.8) is 0 Å². The van der Waals surface area contributed by atoms with Gasteiger partial charge in [-0.2, -0.15) is 5.10 Å². The van der Waals surface area contributed by atoms with Gasteiger partial charge in [0, 0.05) is 20.0 Å². The first-order chi connectivity index (χ1) is 12.0. The Hall–Kier alpha value is -2.67. The van der Waals surface area contributed by atoms with Crippen LogP contribution in [0.3, 0.4) is 0 Å². The highest BCUT2D eigenvalue weighted by atomic mass is 35.5. The number of nitrogens with one attached hydrogen (secondary N) is 1. The molecule has 0 spiro atoms. The van der Waals surface area contributed by atoms with Crippen molar-refractivity contribution in [3.8, 4) is 0 Å². The fourth-order valence-electron chi connectivity index (χ4n) is 3.29. The first-order valence-corrected chi connectivity index (χ1v) is 8.38. The van der Waals surface area contributed by atoms with Crippen LogP contribution in [-0.4, -0.2) is 38.2 Å². The largest absolute Gasteiger partial charge is 0.364 e. The third kappa shape index (κ3) is 2.70. The Morgan fingerprint density at radius 1 is 1.28 bits per heavy atom. The first kappa shape index (κ1) is 15.8. The second kappa shape index (κ2) is 6.00. The molecule has 0 radical (unpaired) electrons. The summed E-state index contributed by atoms with van der Waals surface area (Å²) in [7, 11) is 1.85. The lowest BCUT2D eigenvalue weighted by atomic mass is 10.2. The average molecular weight is 357 g/mol. The highest BCUT2D eigenvalue weighted by molar-refractivity contribution is 6.33. The summed E-state index contributed by atoms with van der Waals surface area (Å²) in [4.78, 5) is 22.8. The molecule has 1 saturated heterocycles. The molecule has 0 aliphatic carbocycles. The van der Waals surface area contributed by atoms with E-state index in [-0.39, 0.29) is 11.9 Å². The number of halogens is 1. The number of carbonyl (C=O) groups is 1. The Morgan fingerprint density at radius 3 is 2.88 bits per heavy atom. The minimum absolute atomic E-state index is 0.0406. The third-order valence-corrected chi connectivity index (χ3v) is 4.72. The van der Waals surface area contributed by atoms with E-state index in [0.717, 1.165) is 22.4 Å². The summed E-state index contributed by atoms with van der Waals surface area (Å²) in [6.07, 6.45) is 1.89. The van der Waals surface area contributed by atoms with Gasteiger partial charge in [-0.05, 0) is 19.1 Å². The van der Waals surface area contributed by atoms with Crippen LogP contribution < -0.4 is 10.2 Å². The second-order valence-electron chi connectivity index (χ2n) is 6.13. The van der Waals surface area contributed by atoms with Gasteiger partial charge in [0.25, 0.3) is 0 Å². The van der Waals surface area contributed by atoms with E-state index in [1.54, 1.807) is 15.6 Å². The molecule has 1 unspecified atom stereocenters. The lowest BCUT2D eigenvalue weighted by Crippen LogP contribution is -2.28. The second-order valence-corrected chi connectivity index (χ2v) is 6.54. The van der Waals surface area contributed by atoms with Gasteiger partial charge in [0.2, 0.25) is 5.91 Å². The molecule has 8 heteroatoms. The van der Waals surface area contributed by atoms with E-state index < -0.39 is 0 Å². The van der Waals surface area contributed by atoms with Crippen LogP contribution >= 0.6 is 11.6 Å². The van der Waals surface area contributed by atoms with Crippen molar-refractivity contribution in [2.45, 2.75) is 19.4 Å². The number of aryl methyl sites for hydroxylation is 2. The molecule has 7 nitrogen and oxygen atoms in total. The fraction of sp³-hybridized carbons (Fsp3) is 0.294. The van der Waals surface area contributed by atoms with Crippen LogP contribution in [0.2, 0.25) is 5.02 Å². The van der Waals surface area contributed by atoms with Gasteiger partial charge in [0.05, 0.1) is 27.8 Å². The van der Waals surface area contributed by atoms with Crippen molar-refractivity contribution in [2.75, 3.05) is 16.8 Å². The van der Waals surface area contributed by atoms with Crippen molar-refractivity contribution >= 4 is 40.0 Å². The fourth-order valence-corrected chi connectivity index (χ4v) is 3.53. The van der Waals surface area contributed by atoms with Gasteiger partial charge in [0.15, 0.2) is 5.65 Å². The Morgan fingerprint density at radius 2 is 2.08 bits per heavy atom. The Balaban J connectivity index is 1.61. The molecule has 0 bridgehead atoms. The number of hydrogen-bond acceptors (Lipinski definition) is 5. The van der Waals surface area contributed by atoms with Crippen molar-refractivity contribution in [2.24, 2.45) is 7.05 Å². The molecule has 1 aliphatic rings. The summed E-state index contributed by atoms with van der Waals surface area (Å²) in [5.74, 6) is 0.744. The van der Waals surface area contributed by atoms with Gasteiger partial charge in [-0.1, -0.05) is 23.7 Å². The molecular weight excluding hydrogens is 340 g/mol. The van der Waals surface area contributed by atoms with Crippen molar-refractivity contribution in [3.05, 3.63) is 41.3 Å². The number of rotatable bonds is 3. The van der Waals surface area contributed by atoms with E-state index in [1.807, 2.05) is 32.2 Å². The molecule has 25 heavy (non-hydrogen) atoms. The number of nitrogens with zero attached hydrogens (tertiary/aromatic N) is 5. The normalized spacial score (nSPS) is 17.5. The van der Waals surface area contributed by atoms with Crippen LogP contribution in [0.4, 0.5) is 11.5 Å². The minimum atomic E-state index is -0.0542. The van der Waals surface area contributed by atoms with Crippen LogP contribution in [0.15, 0.2) is 30.6 Å². The van der Waals surface area contributed by atoms with E-state index in [9.17, 15) is 4.79 Å². The molecular formula is C17H17ClN6O. The minimum Gasteiger partial charge on any atom is -0.364 e.